The van der Waals surface area contributed by atoms with Gasteiger partial charge in [0.15, 0.2) is 0 Å². The first-order valence-electron chi connectivity index (χ1n) is 11.2. The molecule has 2 saturated heterocycles. The van der Waals surface area contributed by atoms with Gasteiger partial charge in [-0.15, -0.1) is 0 Å². The number of hydrogen-bond donors (Lipinski definition) is 3. The Kier molecular flexibility index (Phi) is 8.85. The van der Waals surface area contributed by atoms with Gasteiger partial charge in [-0.1, -0.05) is 24.1 Å². The largest absolute Gasteiger partial charge is 0.394 e. The van der Waals surface area contributed by atoms with Gasteiger partial charge in [-0.25, -0.2) is 13.1 Å². The van der Waals surface area contributed by atoms with Crippen molar-refractivity contribution in [1.82, 2.24) is 14.9 Å². The van der Waals surface area contributed by atoms with Crippen molar-refractivity contribution in [3.8, 4) is 0 Å². The highest BCUT2D eigenvalue weighted by molar-refractivity contribution is 7.89. The van der Waals surface area contributed by atoms with Crippen molar-refractivity contribution in [2.45, 2.75) is 68.6 Å². The van der Waals surface area contributed by atoms with E-state index in [9.17, 15) is 18.3 Å². The number of carbonyl (C=O) groups is 1. The molecule has 1 aromatic carbocycles. The number of piperidine rings is 1. The summed E-state index contributed by atoms with van der Waals surface area (Å²) < 4.78 is 33.9. The Morgan fingerprint density at radius 1 is 1.16 bits per heavy atom. The molecule has 2 heterocycles. The molecule has 3 N–H and O–H groups in total. The van der Waals surface area contributed by atoms with Crippen LogP contribution in [0.3, 0.4) is 0 Å². The van der Waals surface area contributed by atoms with Crippen molar-refractivity contribution in [2.75, 3.05) is 32.8 Å². The van der Waals surface area contributed by atoms with E-state index in [-0.39, 0.29) is 29.9 Å². The molecule has 0 aromatic heterocycles. The summed E-state index contributed by atoms with van der Waals surface area (Å²) in [6.07, 6.45) is 4.00. The highest BCUT2D eigenvalue weighted by Crippen LogP contribution is 2.23. The number of carbonyl (C=O) groups excluding carboxylic acids is 1. The average molecular weight is 454 g/mol. The van der Waals surface area contributed by atoms with Crippen molar-refractivity contribution in [3.05, 3.63) is 29.8 Å². The van der Waals surface area contributed by atoms with Gasteiger partial charge in [-0.3, -0.25) is 4.79 Å². The van der Waals surface area contributed by atoms with Crippen LogP contribution >= 0.6 is 0 Å². The molecule has 8 nitrogen and oxygen atoms in total. The van der Waals surface area contributed by atoms with E-state index < -0.39 is 22.2 Å². The third kappa shape index (κ3) is 7.25. The first kappa shape index (κ1) is 24.1. The van der Waals surface area contributed by atoms with E-state index in [2.05, 4.69) is 14.9 Å². The molecule has 0 aliphatic carbocycles. The summed E-state index contributed by atoms with van der Waals surface area (Å²) in [6.45, 7) is 5.26. The van der Waals surface area contributed by atoms with Gasteiger partial charge in [0.1, 0.15) is 0 Å². The second-order valence-corrected chi connectivity index (χ2v) is 10.3. The Labute approximate surface area is 185 Å². The Hall–Kier alpha value is -1.52. The molecule has 0 bridgehead atoms. The van der Waals surface area contributed by atoms with E-state index in [0.717, 1.165) is 25.2 Å². The zero-order chi connectivity index (χ0) is 22.3. The zero-order valence-electron chi connectivity index (χ0n) is 18.3. The Bertz CT molecular complexity index is 809. The molecule has 0 saturated carbocycles. The predicted molar refractivity (Wildman–Crippen MR) is 118 cm³/mol. The molecule has 1 amide bonds. The highest BCUT2D eigenvalue weighted by Gasteiger charge is 2.34. The normalized spacial score (nSPS) is 25.3. The van der Waals surface area contributed by atoms with Gasteiger partial charge >= 0.3 is 0 Å². The zero-order valence-corrected chi connectivity index (χ0v) is 19.1. The fraction of sp³-hybridized carbons (Fsp3) is 0.682. The lowest BCUT2D eigenvalue weighted by Crippen LogP contribution is -2.51. The molecule has 3 rings (SSSR count). The number of nitrogens with one attached hydrogen (secondary N) is 2. The molecule has 174 valence electrons. The third-order valence-electron chi connectivity index (χ3n) is 6.05. The van der Waals surface area contributed by atoms with E-state index in [1.54, 1.807) is 24.3 Å². The molecule has 9 heteroatoms. The Balaban J connectivity index is 1.45. The van der Waals surface area contributed by atoms with Crippen LogP contribution in [0.5, 0.6) is 0 Å². The first-order valence-corrected chi connectivity index (χ1v) is 12.7. The molecule has 31 heavy (non-hydrogen) atoms. The molecule has 0 spiro atoms. The maximum Gasteiger partial charge on any atom is 0.240 e. The smallest absolute Gasteiger partial charge is 0.240 e. The van der Waals surface area contributed by atoms with E-state index in [4.69, 9.17) is 4.74 Å². The summed E-state index contributed by atoms with van der Waals surface area (Å²) >= 11 is 0. The van der Waals surface area contributed by atoms with Crippen LogP contribution < -0.4 is 10.0 Å². The van der Waals surface area contributed by atoms with Gasteiger partial charge in [0, 0.05) is 13.1 Å². The molecule has 3 atom stereocenters. The summed E-state index contributed by atoms with van der Waals surface area (Å²) in [7, 11) is -3.71. The van der Waals surface area contributed by atoms with Crippen LogP contribution in [0.1, 0.15) is 44.1 Å². The molecular formula is C22H35N3O5S. The SMILES string of the molecule is Cc1ccc(S(=O)(=O)N[C@H]2CC[C@@H](CC(=O)NCCN3CCCCC3)O[C@@H]2CO)cc1. The average Bonchev–Trinajstić information content (AvgIpc) is 2.75. The topological polar surface area (TPSA) is 108 Å². The fourth-order valence-electron chi connectivity index (χ4n) is 4.22. The van der Waals surface area contributed by atoms with Crippen LogP contribution in [0.25, 0.3) is 0 Å². The van der Waals surface area contributed by atoms with Gasteiger partial charge in [0.2, 0.25) is 15.9 Å². The van der Waals surface area contributed by atoms with E-state index in [1.807, 2.05) is 6.92 Å². The predicted octanol–water partition coefficient (Wildman–Crippen LogP) is 1.17. The molecular weight excluding hydrogens is 418 g/mol. The number of aliphatic hydroxyl groups excluding tert-OH is 1. The third-order valence-corrected chi connectivity index (χ3v) is 7.55. The summed E-state index contributed by atoms with van der Waals surface area (Å²) in [5.74, 6) is -0.0719. The number of amides is 1. The quantitative estimate of drug-likeness (QED) is 0.518. The van der Waals surface area contributed by atoms with E-state index >= 15 is 0 Å². The number of ether oxygens (including phenoxy) is 1. The summed E-state index contributed by atoms with van der Waals surface area (Å²) in [4.78, 5) is 14.8. The number of sulfonamides is 1. The second kappa shape index (κ2) is 11.4. The van der Waals surface area contributed by atoms with Crippen LogP contribution in [0.4, 0.5) is 0 Å². The van der Waals surface area contributed by atoms with Gasteiger partial charge in [0.25, 0.3) is 0 Å². The standard InChI is InChI=1S/C22H35N3O5S/c1-17-5-8-19(9-6-17)31(28,29)24-20-10-7-18(30-21(20)16-26)15-22(27)23-11-14-25-12-3-2-4-13-25/h5-6,8-9,18,20-21,24,26H,2-4,7,10-16H2,1H3,(H,23,27)/t18-,20-,21+/m0/s1. The minimum absolute atomic E-state index is 0.0719. The van der Waals surface area contributed by atoms with Crippen molar-refractivity contribution in [2.24, 2.45) is 0 Å². The maximum atomic E-state index is 12.7. The number of aryl methyl sites for hydroxylation is 1. The van der Waals surface area contributed by atoms with E-state index in [1.165, 1.54) is 19.3 Å². The van der Waals surface area contributed by atoms with Crippen LogP contribution in [0.15, 0.2) is 29.2 Å². The monoisotopic (exact) mass is 453 g/mol. The first-order chi connectivity index (χ1) is 14.9. The number of benzene rings is 1. The summed E-state index contributed by atoms with van der Waals surface area (Å²) in [5.41, 5.74) is 0.977. The van der Waals surface area contributed by atoms with Crippen molar-refractivity contribution >= 4 is 15.9 Å². The highest BCUT2D eigenvalue weighted by atomic mass is 32.2. The lowest BCUT2D eigenvalue weighted by Gasteiger charge is -2.35. The van der Waals surface area contributed by atoms with E-state index in [0.29, 0.717) is 19.4 Å². The minimum atomic E-state index is -3.71. The lowest BCUT2D eigenvalue weighted by molar-refractivity contribution is -0.130. The number of rotatable bonds is 9. The molecule has 1 aromatic rings. The molecule has 0 unspecified atom stereocenters. The van der Waals surface area contributed by atoms with Crippen LogP contribution in [0.2, 0.25) is 0 Å². The number of aliphatic hydroxyl groups is 1. The minimum Gasteiger partial charge on any atom is -0.394 e. The Morgan fingerprint density at radius 3 is 2.55 bits per heavy atom. The number of nitrogens with zero attached hydrogens (tertiary/aromatic N) is 1. The van der Waals surface area contributed by atoms with Gasteiger partial charge in [0.05, 0.1) is 36.2 Å². The summed E-state index contributed by atoms with van der Waals surface area (Å²) in [5, 5.41) is 12.7. The van der Waals surface area contributed by atoms with Crippen molar-refractivity contribution < 1.29 is 23.1 Å². The molecule has 2 aliphatic rings. The van der Waals surface area contributed by atoms with Crippen LogP contribution in [-0.4, -0.2) is 75.4 Å². The number of hydrogen-bond acceptors (Lipinski definition) is 6. The van der Waals surface area contributed by atoms with Crippen molar-refractivity contribution in [1.29, 1.82) is 0 Å². The fourth-order valence-corrected chi connectivity index (χ4v) is 5.52. The lowest BCUT2D eigenvalue weighted by atomic mass is 9.98. The van der Waals surface area contributed by atoms with Gasteiger partial charge < -0.3 is 20.1 Å². The van der Waals surface area contributed by atoms with Crippen molar-refractivity contribution in [3.63, 3.8) is 0 Å². The maximum absolute atomic E-state index is 12.7. The second-order valence-electron chi connectivity index (χ2n) is 8.55. The molecule has 0 radical (unpaired) electrons. The van der Waals surface area contributed by atoms with Gasteiger partial charge in [-0.2, -0.15) is 0 Å². The van der Waals surface area contributed by atoms with Gasteiger partial charge in [-0.05, 0) is 57.8 Å². The summed E-state index contributed by atoms with van der Waals surface area (Å²) in [6, 6.07) is 6.08. The van der Waals surface area contributed by atoms with Crippen LogP contribution in [0, 0.1) is 6.92 Å². The van der Waals surface area contributed by atoms with Crippen LogP contribution in [-0.2, 0) is 19.6 Å². The molecule has 2 aliphatic heterocycles. The molecule has 2 fully saturated rings. The number of likely N-dealkylation sites (tertiary alicyclic amines) is 1. The Morgan fingerprint density at radius 2 is 1.87 bits per heavy atom.